The van der Waals surface area contributed by atoms with Crippen LogP contribution >= 0.6 is 11.6 Å². The van der Waals surface area contributed by atoms with Gasteiger partial charge in [-0.1, -0.05) is 11.6 Å². The number of rotatable bonds is 2. The first-order chi connectivity index (χ1) is 7.18. The van der Waals surface area contributed by atoms with E-state index in [-0.39, 0.29) is 10.7 Å². The first-order valence-electron chi connectivity index (χ1n) is 4.69. The number of hydrogen-bond acceptors (Lipinski definition) is 4. The number of hydrogen-bond donors (Lipinski definition) is 1. The Labute approximate surface area is 91.7 Å². The molecule has 15 heavy (non-hydrogen) atoms. The fourth-order valence-corrected chi connectivity index (χ4v) is 1.77. The molecule has 0 unspecified atom stereocenters. The molecular formula is C9H10ClN3O2. The van der Waals surface area contributed by atoms with Gasteiger partial charge < -0.3 is 10.0 Å². The first-order valence-corrected chi connectivity index (χ1v) is 5.07. The Kier molecular flexibility index (Phi) is 2.73. The van der Waals surface area contributed by atoms with Crippen LogP contribution in [0.1, 0.15) is 23.2 Å². The van der Waals surface area contributed by atoms with E-state index in [4.69, 9.17) is 16.7 Å². The number of aromatic nitrogens is 2. The normalized spacial score (nSPS) is 15.7. The highest BCUT2D eigenvalue weighted by Gasteiger charge is 2.18. The van der Waals surface area contributed by atoms with Crippen molar-refractivity contribution in [2.75, 3.05) is 18.0 Å². The van der Waals surface area contributed by atoms with Gasteiger partial charge >= 0.3 is 5.97 Å². The molecule has 1 saturated heterocycles. The predicted molar refractivity (Wildman–Crippen MR) is 55.4 cm³/mol. The van der Waals surface area contributed by atoms with E-state index in [0.29, 0.717) is 5.95 Å². The minimum Gasteiger partial charge on any atom is -0.478 e. The van der Waals surface area contributed by atoms with Gasteiger partial charge in [0.2, 0.25) is 5.95 Å². The molecule has 1 fully saturated rings. The number of anilines is 1. The molecule has 0 amide bonds. The molecule has 5 nitrogen and oxygen atoms in total. The molecule has 0 aliphatic carbocycles. The SMILES string of the molecule is O=C(O)c1cnc(N2CCCC2)nc1Cl. The highest BCUT2D eigenvalue weighted by Crippen LogP contribution is 2.19. The van der Waals surface area contributed by atoms with E-state index in [2.05, 4.69) is 9.97 Å². The van der Waals surface area contributed by atoms with Gasteiger partial charge in [-0.05, 0) is 12.8 Å². The minimum absolute atomic E-state index is 0.000556. The number of carboxylic acid groups (broad SMARTS) is 1. The monoisotopic (exact) mass is 227 g/mol. The quantitative estimate of drug-likeness (QED) is 0.775. The van der Waals surface area contributed by atoms with Crippen molar-refractivity contribution < 1.29 is 9.90 Å². The molecule has 1 N–H and O–H groups in total. The Morgan fingerprint density at radius 3 is 2.67 bits per heavy atom. The molecule has 6 heteroatoms. The zero-order chi connectivity index (χ0) is 10.8. The second-order valence-corrected chi connectivity index (χ2v) is 3.73. The molecule has 0 atom stereocenters. The Morgan fingerprint density at radius 1 is 1.47 bits per heavy atom. The fraction of sp³-hybridized carbons (Fsp3) is 0.444. The van der Waals surface area contributed by atoms with Crippen LogP contribution in [0.2, 0.25) is 5.15 Å². The molecule has 0 saturated carbocycles. The number of carboxylic acids is 1. The smallest absolute Gasteiger partial charge is 0.340 e. The van der Waals surface area contributed by atoms with Crippen molar-refractivity contribution in [1.29, 1.82) is 0 Å². The van der Waals surface area contributed by atoms with Gasteiger partial charge in [0, 0.05) is 19.3 Å². The molecule has 0 aromatic carbocycles. The van der Waals surface area contributed by atoms with E-state index in [1.165, 1.54) is 6.20 Å². The van der Waals surface area contributed by atoms with E-state index in [0.717, 1.165) is 25.9 Å². The van der Waals surface area contributed by atoms with Crippen molar-refractivity contribution in [2.45, 2.75) is 12.8 Å². The lowest BCUT2D eigenvalue weighted by molar-refractivity contribution is 0.0696. The van der Waals surface area contributed by atoms with Crippen molar-refractivity contribution in [2.24, 2.45) is 0 Å². The Balaban J connectivity index is 2.28. The van der Waals surface area contributed by atoms with Gasteiger partial charge in [-0.2, -0.15) is 0 Å². The predicted octanol–water partition coefficient (Wildman–Crippen LogP) is 1.43. The maximum absolute atomic E-state index is 10.7. The number of halogens is 1. The number of nitrogens with zero attached hydrogens (tertiary/aromatic N) is 3. The summed E-state index contributed by atoms with van der Waals surface area (Å²) in [6.45, 7) is 1.81. The molecular weight excluding hydrogens is 218 g/mol. The molecule has 1 aromatic heterocycles. The molecule has 1 aliphatic heterocycles. The third-order valence-electron chi connectivity index (χ3n) is 2.35. The summed E-state index contributed by atoms with van der Waals surface area (Å²) in [5.74, 6) is -0.588. The van der Waals surface area contributed by atoms with Crippen LogP contribution in [-0.2, 0) is 0 Å². The van der Waals surface area contributed by atoms with Crippen LogP contribution < -0.4 is 4.90 Å². The minimum atomic E-state index is -1.10. The van der Waals surface area contributed by atoms with Crippen molar-refractivity contribution >= 4 is 23.5 Å². The van der Waals surface area contributed by atoms with Gasteiger partial charge in [0.05, 0.1) is 0 Å². The summed E-state index contributed by atoms with van der Waals surface area (Å²) < 4.78 is 0. The maximum atomic E-state index is 10.7. The van der Waals surface area contributed by atoms with Gasteiger partial charge in [-0.3, -0.25) is 0 Å². The molecule has 0 spiro atoms. The third-order valence-corrected chi connectivity index (χ3v) is 2.64. The summed E-state index contributed by atoms with van der Waals surface area (Å²) in [6.07, 6.45) is 3.48. The van der Waals surface area contributed by atoms with Crippen LogP contribution in [0.5, 0.6) is 0 Å². The average Bonchev–Trinajstić information content (AvgIpc) is 2.69. The summed E-state index contributed by atoms with van der Waals surface area (Å²) in [5.41, 5.74) is -0.0559. The van der Waals surface area contributed by atoms with Crippen molar-refractivity contribution in [3.63, 3.8) is 0 Å². The summed E-state index contributed by atoms with van der Waals surface area (Å²) in [7, 11) is 0. The molecule has 1 aromatic rings. The van der Waals surface area contributed by atoms with Gasteiger partial charge in [0.15, 0.2) is 0 Å². The number of carbonyl (C=O) groups is 1. The van der Waals surface area contributed by atoms with E-state index < -0.39 is 5.97 Å². The lowest BCUT2D eigenvalue weighted by Gasteiger charge is -2.14. The average molecular weight is 228 g/mol. The topological polar surface area (TPSA) is 66.3 Å². The zero-order valence-corrected chi connectivity index (χ0v) is 8.74. The van der Waals surface area contributed by atoms with Crippen molar-refractivity contribution in [1.82, 2.24) is 9.97 Å². The van der Waals surface area contributed by atoms with Gasteiger partial charge in [0.25, 0.3) is 0 Å². The summed E-state index contributed by atoms with van der Waals surface area (Å²) in [5, 5.41) is 8.74. The van der Waals surface area contributed by atoms with E-state index in [1.54, 1.807) is 0 Å². The first kappa shape index (κ1) is 10.2. The molecule has 0 radical (unpaired) electrons. The molecule has 1 aliphatic rings. The second kappa shape index (κ2) is 4.02. The summed E-state index contributed by atoms with van der Waals surface area (Å²) in [6, 6.07) is 0. The van der Waals surface area contributed by atoms with Crippen molar-refractivity contribution in [3.8, 4) is 0 Å². The third kappa shape index (κ3) is 2.02. The van der Waals surface area contributed by atoms with Crippen LogP contribution in [0.25, 0.3) is 0 Å². The van der Waals surface area contributed by atoms with E-state index in [1.807, 2.05) is 4.90 Å². The standard InChI is InChI=1S/C9H10ClN3O2/c10-7-6(8(14)15)5-11-9(12-7)13-3-1-2-4-13/h5H,1-4H2,(H,14,15). The van der Waals surface area contributed by atoms with Crippen LogP contribution in [0, 0.1) is 0 Å². The molecule has 0 bridgehead atoms. The maximum Gasteiger partial charge on any atom is 0.340 e. The van der Waals surface area contributed by atoms with Gasteiger partial charge in [-0.15, -0.1) is 0 Å². The largest absolute Gasteiger partial charge is 0.478 e. The van der Waals surface area contributed by atoms with Crippen LogP contribution in [0.4, 0.5) is 5.95 Å². The van der Waals surface area contributed by atoms with Crippen LogP contribution in [0.15, 0.2) is 6.20 Å². The summed E-state index contributed by atoms with van der Waals surface area (Å²) in [4.78, 5) is 20.6. The Morgan fingerprint density at radius 2 is 2.13 bits per heavy atom. The lowest BCUT2D eigenvalue weighted by atomic mass is 10.3. The highest BCUT2D eigenvalue weighted by molar-refractivity contribution is 6.32. The lowest BCUT2D eigenvalue weighted by Crippen LogP contribution is -2.20. The van der Waals surface area contributed by atoms with E-state index in [9.17, 15) is 4.79 Å². The molecule has 80 valence electrons. The summed E-state index contributed by atoms with van der Waals surface area (Å²) >= 11 is 5.74. The zero-order valence-electron chi connectivity index (χ0n) is 7.98. The van der Waals surface area contributed by atoms with Crippen LogP contribution in [0.3, 0.4) is 0 Å². The molecule has 2 heterocycles. The highest BCUT2D eigenvalue weighted by atomic mass is 35.5. The van der Waals surface area contributed by atoms with Crippen molar-refractivity contribution in [3.05, 3.63) is 16.9 Å². The molecule has 2 rings (SSSR count). The second-order valence-electron chi connectivity index (χ2n) is 3.37. The Bertz CT molecular complexity index is 391. The van der Waals surface area contributed by atoms with E-state index >= 15 is 0 Å². The number of aromatic carboxylic acids is 1. The fourth-order valence-electron chi connectivity index (χ4n) is 1.57. The van der Waals surface area contributed by atoms with Gasteiger partial charge in [0.1, 0.15) is 10.7 Å². The van der Waals surface area contributed by atoms with Gasteiger partial charge in [-0.25, -0.2) is 14.8 Å². The Hall–Kier alpha value is -1.36. The van der Waals surface area contributed by atoms with Crippen LogP contribution in [-0.4, -0.2) is 34.1 Å².